The monoisotopic (exact) mass is 401 g/mol. The molecule has 0 radical (unpaired) electrons. The number of anilines is 3. The first-order valence-electron chi connectivity index (χ1n) is 9.31. The van der Waals surface area contributed by atoms with Gasteiger partial charge < -0.3 is 19.7 Å². The van der Waals surface area contributed by atoms with Crippen molar-refractivity contribution in [3.05, 3.63) is 41.0 Å². The molecule has 0 unspecified atom stereocenters. The molecule has 1 aliphatic rings. The number of methoxy groups -OCH3 is 1. The van der Waals surface area contributed by atoms with E-state index in [1.165, 1.54) is 0 Å². The smallest absolute Gasteiger partial charge is 0.159 e. The number of fused-ring (bicyclic) bond motifs is 1. The maximum absolute atomic E-state index is 6.42. The van der Waals surface area contributed by atoms with Gasteiger partial charge in [-0.2, -0.15) is 9.61 Å². The number of rotatable bonds is 4. The van der Waals surface area contributed by atoms with Gasteiger partial charge in [-0.15, -0.1) is 0 Å². The standard InChI is InChI=1S/C20H24ClN5O2/c1-12-10-25(11-13(2)28-12)20-14(3)19(24-18-7-8-22-26(18)20)23-17-6-5-15(27-4)9-16(17)21/h5-9,12-13H,10-11H2,1-4H3,(H,23,24)/t12-,13+. The SMILES string of the molecule is COc1ccc(Nc2nc3ccnn3c(N3C[C@@H](C)O[C@@H](C)C3)c2C)c(Cl)c1. The van der Waals surface area contributed by atoms with E-state index in [9.17, 15) is 0 Å². The van der Waals surface area contributed by atoms with Gasteiger partial charge in [0.1, 0.15) is 17.4 Å². The number of nitrogens with one attached hydrogen (secondary N) is 1. The molecule has 2 aromatic heterocycles. The van der Waals surface area contributed by atoms with E-state index in [0.717, 1.165) is 41.6 Å². The van der Waals surface area contributed by atoms with Gasteiger partial charge in [-0.05, 0) is 32.9 Å². The van der Waals surface area contributed by atoms with Crippen LogP contribution in [0.3, 0.4) is 0 Å². The van der Waals surface area contributed by atoms with Crippen LogP contribution in [0.15, 0.2) is 30.5 Å². The molecule has 0 bridgehead atoms. The molecule has 1 aromatic carbocycles. The first-order chi connectivity index (χ1) is 13.5. The van der Waals surface area contributed by atoms with Gasteiger partial charge in [0.15, 0.2) is 5.65 Å². The maximum atomic E-state index is 6.42. The first-order valence-corrected chi connectivity index (χ1v) is 9.69. The summed E-state index contributed by atoms with van der Waals surface area (Å²) in [5, 5.41) is 8.45. The fourth-order valence-corrected chi connectivity index (χ4v) is 3.92. The molecule has 28 heavy (non-hydrogen) atoms. The molecule has 3 aromatic rings. The minimum Gasteiger partial charge on any atom is -0.497 e. The Balaban J connectivity index is 1.77. The molecule has 2 atom stereocenters. The van der Waals surface area contributed by atoms with Gasteiger partial charge in [0.2, 0.25) is 0 Å². The van der Waals surface area contributed by atoms with Crippen molar-refractivity contribution in [1.29, 1.82) is 0 Å². The number of halogens is 1. The van der Waals surface area contributed by atoms with Crippen molar-refractivity contribution >= 4 is 34.6 Å². The third kappa shape index (κ3) is 3.47. The maximum Gasteiger partial charge on any atom is 0.159 e. The minimum atomic E-state index is 0.148. The van der Waals surface area contributed by atoms with E-state index in [0.29, 0.717) is 10.8 Å². The molecular weight excluding hydrogens is 378 g/mol. The van der Waals surface area contributed by atoms with Gasteiger partial charge in [0, 0.05) is 30.8 Å². The summed E-state index contributed by atoms with van der Waals surface area (Å²) in [5.41, 5.74) is 2.56. The molecule has 1 aliphatic heterocycles. The summed E-state index contributed by atoms with van der Waals surface area (Å²) >= 11 is 6.42. The van der Waals surface area contributed by atoms with Crippen molar-refractivity contribution in [2.24, 2.45) is 0 Å². The zero-order chi connectivity index (χ0) is 19.8. The van der Waals surface area contributed by atoms with Crippen molar-refractivity contribution in [3.63, 3.8) is 0 Å². The summed E-state index contributed by atoms with van der Waals surface area (Å²) in [6, 6.07) is 7.44. The number of hydrogen-bond donors (Lipinski definition) is 1. The molecule has 8 heteroatoms. The van der Waals surface area contributed by atoms with Gasteiger partial charge >= 0.3 is 0 Å². The van der Waals surface area contributed by atoms with Gasteiger partial charge in [0.25, 0.3) is 0 Å². The third-order valence-electron chi connectivity index (χ3n) is 4.89. The average Bonchev–Trinajstić information content (AvgIpc) is 3.10. The largest absolute Gasteiger partial charge is 0.497 e. The lowest BCUT2D eigenvalue weighted by Crippen LogP contribution is -2.46. The summed E-state index contributed by atoms with van der Waals surface area (Å²) < 4.78 is 13.0. The third-order valence-corrected chi connectivity index (χ3v) is 5.20. The van der Waals surface area contributed by atoms with Crippen molar-refractivity contribution in [2.75, 3.05) is 30.4 Å². The number of ether oxygens (including phenoxy) is 2. The molecule has 1 saturated heterocycles. The predicted molar refractivity (Wildman–Crippen MR) is 111 cm³/mol. The Morgan fingerprint density at radius 3 is 2.64 bits per heavy atom. The lowest BCUT2D eigenvalue weighted by Gasteiger charge is -2.37. The molecule has 0 saturated carbocycles. The van der Waals surface area contributed by atoms with Crippen molar-refractivity contribution < 1.29 is 9.47 Å². The molecule has 0 aliphatic carbocycles. The first kappa shape index (κ1) is 18.8. The van der Waals surface area contributed by atoms with E-state index in [4.69, 9.17) is 26.1 Å². The molecule has 1 N–H and O–H groups in total. The van der Waals surface area contributed by atoms with Crippen LogP contribution in [0.1, 0.15) is 19.4 Å². The lowest BCUT2D eigenvalue weighted by molar-refractivity contribution is -0.00560. The predicted octanol–water partition coefficient (Wildman–Crippen LogP) is 4.06. The second-order valence-corrected chi connectivity index (χ2v) is 7.55. The molecule has 1 fully saturated rings. The van der Waals surface area contributed by atoms with Gasteiger partial charge in [-0.3, -0.25) is 0 Å². The number of nitrogens with zero attached hydrogens (tertiary/aromatic N) is 4. The Kier molecular flexibility index (Phi) is 5.03. The van der Waals surface area contributed by atoms with Gasteiger partial charge in [-0.25, -0.2) is 4.98 Å². The van der Waals surface area contributed by atoms with Crippen molar-refractivity contribution in [2.45, 2.75) is 33.0 Å². The molecule has 4 rings (SSSR count). The molecule has 148 valence electrons. The molecule has 7 nitrogen and oxygen atoms in total. The summed E-state index contributed by atoms with van der Waals surface area (Å²) in [5.74, 6) is 2.48. The fourth-order valence-electron chi connectivity index (χ4n) is 3.70. The molecule has 0 amide bonds. The molecular formula is C20H24ClN5O2. The van der Waals surface area contributed by atoms with Crippen LogP contribution in [0.25, 0.3) is 5.65 Å². The van der Waals surface area contributed by atoms with E-state index < -0.39 is 0 Å². The lowest BCUT2D eigenvalue weighted by atomic mass is 10.2. The van der Waals surface area contributed by atoms with E-state index in [-0.39, 0.29) is 12.2 Å². The quantitative estimate of drug-likeness (QED) is 0.711. The van der Waals surface area contributed by atoms with Crippen LogP contribution in [-0.4, -0.2) is 47.0 Å². The van der Waals surface area contributed by atoms with Crippen LogP contribution in [0, 0.1) is 6.92 Å². The minimum absolute atomic E-state index is 0.148. The Bertz CT molecular complexity index is 996. The van der Waals surface area contributed by atoms with Crippen LogP contribution in [0.5, 0.6) is 5.75 Å². The Morgan fingerprint density at radius 1 is 1.21 bits per heavy atom. The van der Waals surface area contributed by atoms with E-state index in [1.54, 1.807) is 19.4 Å². The zero-order valence-corrected chi connectivity index (χ0v) is 17.2. The van der Waals surface area contributed by atoms with Crippen molar-refractivity contribution in [3.8, 4) is 5.75 Å². The average molecular weight is 402 g/mol. The molecule has 0 spiro atoms. The second kappa shape index (κ2) is 7.48. The topological polar surface area (TPSA) is 63.9 Å². The Hall–Kier alpha value is -2.51. The van der Waals surface area contributed by atoms with Crippen LogP contribution in [0.2, 0.25) is 5.02 Å². The number of benzene rings is 1. The summed E-state index contributed by atoms with van der Waals surface area (Å²) in [6.07, 6.45) is 2.06. The van der Waals surface area contributed by atoms with Crippen LogP contribution >= 0.6 is 11.6 Å². The van der Waals surface area contributed by atoms with Gasteiger partial charge in [-0.1, -0.05) is 11.6 Å². The summed E-state index contributed by atoms with van der Waals surface area (Å²) in [4.78, 5) is 7.06. The van der Waals surface area contributed by atoms with E-state index in [1.807, 2.05) is 29.6 Å². The molecule has 3 heterocycles. The van der Waals surface area contributed by atoms with Crippen LogP contribution < -0.4 is 15.0 Å². The fraction of sp³-hybridized carbons (Fsp3) is 0.400. The highest BCUT2D eigenvalue weighted by atomic mass is 35.5. The highest BCUT2D eigenvalue weighted by Gasteiger charge is 2.27. The van der Waals surface area contributed by atoms with E-state index >= 15 is 0 Å². The summed E-state index contributed by atoms with van der Waals surface area (Å²) in [6.45, 7) is 7.83. The number of aromatic nitrogens is 3. The van der Waals surface area contributed by atoms with Crippen LogP contribution in [0.4, 0.5) is 17.3 Å². The van der Waals surface area contributed by atoms with E-state index in [2.05, 4.69) is 29.2 Å². The normalized spacial score (nSPS) is 19.8. The second-order valence-electron chi connectivity index (χ2n) is 7.14. The highest BCUT2D eigenvalue weighted by molar-refractivity contribution is 6.33. The highest BCUT2D eigenvalue weighted by Crippen LogP contribution is 2.33. The van der Waals surface area contributed by atoms with Crippen molar-refractivity contribution in [1.82, 2.24) is 14.6 Å². The zero-order valence-electron chi connectivity index (χ0n) is 16.4. The number of morpholine rings is 1. The van der Waals surface area contributed by atoms with Gasteiger partial charge in [0.05, 0.1) is 36.2 Å². The number of hydrogen-bond acceptors (Lipinski definition) is 6. The Morgan fingerprint density at radius 2 is 1.96 bits per heavy atom. The Labute approximate surface area is 169 Å². The summed E-state index contributed by atoms with van der Waals surface area (Å²) in [7, 11) is 1.62. The van der Waals surface area contributed by atoms with Crippen LogP contribution in [-0.2, 0) is 4.74 Å².